The van der Waals surface area contributed by atoms with Gasteiger partial charge in [0.25, 0.3) is 0 Å². The van der Waals surface area contributed by atoms with Crippen molar-refractivity contribution in [1.82, 2.24) is 15.6 Å². The monoisotopic (exact) mass is 255 g/mol. The largest absolute Gasteiger partial charge is 0.506 e. The van der Waals surface area contributed by atoms with E-state index in [-0.39, 0.29) is 11.3 Å². The van der Waals surface area contributed by atoms with Crippen molar-refractivity contribution in [3.05, 3.63) is 36.0 Å². The first kappa shape index (κ1) is 11.2. The Morgan fingerprint density at radius 2 is 2.26 bits per heavy atom. The van der Waals surface area contributed by atoms with Gasteiger partial charge in [-0.1, -0.05) is 12.1 Å². The summed E-state index contributed by atoms with van der Waals surface area (Å²) in [5.74, 6) is 0.889. The quantitative estimate of drug-likeness (QED) is 0.720. The van der Waals surface area contributed by atoms with Crippen LogP contribution >= 0.6 is 0 Å². The molecule has 2 fully saturated rings. The Morgan fingerprint density at radius 3 is 3.21 bits per heavy atom. The molecule has 0 saturated carbocycles. The van der Waals surface area contributed by atoms with Crippen LogP contribution in [0.4, 0.5) is 0 Å². The zero-order valence-corrected chi connectivity index (χ0v) is 10.7. The smallest absolute Gasteiger partial charge is 0.134 e. The second-order valence-corrected chi connectivity index (χ2v) is 5.62. The number of pyridine rings is 1. The molecule has 1 aromatic heterocycles. The predicted octanol–water partition coefficient (Wildman–Crippen LogP) is 1.35. The van der Waals surface area contributed by atoms with E-state index in [9.17, 15) is 5.11 Å². The number of benzene rings is 1. The van der Waals surface area contributed by atoms with E-state index in [2.05, 4.69) is 33.8 Å². The Kier molecular flexibility index (Phi) is 2.31. The Hall–Kier alpha value is -1.65. The predicted molar refractivity (Wildman–Crippen MR) is 74.1 cm³/mol. The molecule has 0 bridgehead atoms. The lowest BCUT2D eigenvalue weighted by molar-refractivity contribution is 0.361. The second-order valence-electron chi connectivity index (χ2n) is 5.62. The van der Waals surface area contributed by atoms with Crippen LogP contribution in [0, 0.1) is 5.92 Å². The number of hydrogen-bond acceptors (Lipinski definition) is 4. The summed E-state index contributed by atoms with van der Waals surface area (Å²) in [4.78, 5) is 4.33. The van der Waals surface area contributed by atoms with Gasteiger partial charge in [-0.05, 0) is 36.6 Å². The molecule has 0 amide bonds. The lowest BCUT2D eigenvalue weighted by Gasteiger charge is -2.29. The summed E-state index contributed by atoms with van der Waals surface area (Å²) in [7, 11) is 0. The summed E-state index contributed by atoms with van der Waals surface area (Å²) < 4.78 is 0. The fraction of sp³-hybridized carbons (Fsp3) is 0.400. The first-order valence-corrected chi connectivity index (χ1v) is 6.83. The van der Waals surface area contributed by atoms with Gasteiger partial charge in [0, 0.05) is 18.5 Å². The summed E-state index contributed by atoms with van der Waals surface area (Å²) >= 11 is 0. The fourth-order valence-electron chi connectivity index (χ4n) is 3.61. The molecule has 2 atom stereocenters. The van der Waals surface area contributed by atoms with Crippen LogP contribution in [-0.4, -0.2) is 29.7 Å². The minimum atomic E-state index is 0.0771. The van der Waals surface area contributed by atoms with Gasteiger partial charge in [-0.2, -0.15) is 0 Å². The summed E-state index contributed by atoms with van der Waals surface area (Å²) in [5, 5.41) is 17.6. The molecule has 19 heavy (non-hydrogen) atoms. The van der Waals surface area contributed by atoms with Crippen LogP contribution < -0.4 is 10.6 Å². The normalized spacial score (nSPS) is 29.8. The third kappa shape index (κ3) is 1.57. The first-order chi connectivity index (χ1) is 9.28. The van der Waals surface area contributed by atoms with Gasteiger partial charge in [0.2, 0.25) is 0 Å². The fourth-order valence-corrected chi connectivity index (χ4v) is 3.61. The van der Waals surface area contributed by atoms with E-state index in [1.165, 1.54) is 18.2 Å². The molecule has 0 spiro atoms. The van der Waals surface area contributed by atoms with Crippen molar-refractivity contribution in [1.29, 1.82) is 0 Å². The molecule has 1 aromatic carbocycles. The van der Waals surface area contributed by atoms with Crippen LogP contribution in [0.1, 0.15) is 12.0 Å². The zero-order chi connectivity index (χ0) is 12.9. The van der Waals surface area contributed by atoms with Crippen LogP contribution in [-0.2, 0) is 5.54 Å². The third-order valence-electron chi connectivity index (χ3n) is 4.61. The van der Waals surface area contributed by atoms with Crippen molar-refractivity contribution in [2.75, 3.05) is 19.6 Å². The molecule has 2 aliphatic heterocycles. The number of rotatable bonds is 1. The van der Waals surface area contributed by atoms with Crippen LogP contribution in [0.3, 0.4) is 0 Å². The third-order valence-corrected chi connectivity index (χ3v) is 4.61. The molecule has 3 heterocycles. The maximum absolute atomic E-state index is 9.48. The van der Waals surface area contributed by atoms with Crippen molar-refractivity contribution in [3.63, 3.8) is 0 Å². The Balaban J connectivity index is 1.85. The van der Waals surface area contributed by atoms with E-state index in [1.807, 2.05) is 0 Å². The highest BCUT2D eigenvalue weighted by atomic mass is 16.3. The highest BCUT2D eigenvalue weighted by molar-refractivity contribution is 5.80. The molecule has 2 aromatic rings. The van der Waals surface area contributed by atoms with Gasteiger partial charge in [-0.3, -0.25) is 4.98 Å². The Labute approximate surface area is 111 Å². The average molecular weight is 255 g/mol. The topological polar surface area (TPSA) is 57.2 Å². The minimum Gasteiger partial charge on any atom is -0.506 e. The van der Waals surface area contributed by atoms with Crippen LogP contribution in [0.15, 0.2) is 30.5 Å². The van der Waals surface area contributed by atoms with E-state index >= 15 is 0 Å². The summed E-state index contributed by atoms with van der Waals surface area (Å²) in [6.45, 7) is 3.17. The van der Waals surface area contributed by atoms with Gasteiger partial charge in [0.15, 0.2) is 0 Å². The van der Waals surface area contributed by atoms with Crippen molar-refractivity contribution in [3.8, 4) is 5.75 Å². The van der Waals surface area contributed by atoms with Gasteiger partial charge < -0.3 is 15.7 Å². The number of nitrogens with zero attached hydrogens (tertiary/aromatic N) is 1. The summed E-state index contributed by atoms with van der Waals surface area (Å²) in [6.07, 6.45) is 2.74. The standard InChI is InChI=1S/C15H17N3O/c19-13-5-10-1-2-11(6-14(10)17-8-13)15-9-16-7-12(15)3-4-18-15/h1-2,5-6,8,12,16,18-19H,3-4,7,9H2. The Bertz CT molecular complexity index is 630. The van der Waals surface area contributed by atoms with Crippen LogP contribution in [0.25, 0.3) is 10.9 Å². The minimum absolute atomic E-state index is 0.0771. The maximum atomic E-state index is 9.48. The SMILES string of the molecule is Oc1cnc2cc(C34CNCC3CCN4)ccc2c1. The lowest BCUT2D eigenvalue weighted by atomic mass is 9.82. The molecule has 2 saturated heterocycles. The average Bonchev–Trinajstić information content (AvgIpc) is 2.98. The first-order valence-electron chi connectivity index (χ1n) is 6.83. The van der Waals surface area contributed by atoms with Crippen LogP contribution in [0.5, 0.6) is 5.75 Å². The molecule has 2 aliphatic rings. The highest BCUT2D eigenvalue weighted by Crippen LogP contribution is 2.39. The summed E-state index contributed by atoms with van der Waals surface area (Å²) in [6, 6.07) is 8.15. The van der Waals surface area contributed by atoms with Gasteiger partial charge in [0.1, 0.15) is 5.75 Å². The number of aromatic nitrogens is 1. The molecule has 4 nitrogen and oxygen atoms in total. The molecule has 0 aliphatic carbocycles. The molecule has 98 valence electrons. The van der Waals surface area contributed by atoms with E-state index in [0.29, 0.717) is 5.92 Å². The van der Waals surface area contributed by atoms with Gasteiger partial charge in [-0.25, -0.2) is 0 Å². The Morgan fingerprint density at radius 1 is 1.32 bits per heavy atom. The molecule has 4 heteroatoms. The number of hydrogen-bond donors (Lipinski definition) is 3. The van der Waals surface area contributed by atoms with Crippen molar-refractivity contribution >= 4 is 10.9 Å². The van der Waals surface area contributed by atoms with Gasteiger partial charge in [0.05, 0.1) is 17.3 Å². The van der Waals surface area contributed by atoms with Gasteiger partial charge >= 0.3 is 0 Å². The molecule has 4 rings (SSSR count). The van der Waals surface area contributed by atoms with E-state index in [0.717, 1.165) is 30.5 Å². The summed E-state index contributed by atoms with van der Waals surface area (Å²) in [5.41, 5.74) is 2.34. The van der Waals surface area contributed by atoms with Crippen molar-refractivity contribution in [2.45, 2.75) is 12.0 Å². The molecule has 0 radical (unpaired) electrons. The zero-order valence-electron chi connectivity index (χ0n) is 10.7. The highest BCUT2D eigenvalue weighted by Gasteiger charge is 2.47. The number of aromatic hydroxyl groups is 1. The van der Waals surface area contributed by atoms with Gasteiger partial charge in [-0.15, -0.1) is 0 Å². The number of nitrogens with one attached hydrogen (secondary N) is 2. The maximum Gasteiger partial charge on any atom is 0.134 e. The van der Waals surface area contributed by atoms with Crippen molar-refractivity contribution in [2.24, 2.45) is 5.92 Å². The molecule has 3 N–H and O–H groups in total. The molecular weight excluding hydrogens is 238 g/mol. The number of fused-ring (bicyclic) bond motifs is 2. The van der Waals surface area contributed by atoms with E-state index in [1.54, 1.807) is 6.07 Å². The second kappa shape index (κ2) is 3.92. The molecule has 2 unspecified atom stereocenters. The van der Waals surface area contributed by atoms with E-state index < -0.39 is 0 Å². The van der Waals surface area contributed by atoms with Crippen molar-refractivity contribution < 1.29 is 5.11 Å². The molecular formula is C15H17N3O. The van der Waals surface area contributed by atoms with E-state index in [4.69, 9.17) is 0 Å². The lowest BCUT2D eigenvalue weighted by Crippen LogP contribution is -2.42. The van der Waals surface area contributed by atoms with Crippen LogP contribution in [0.2, 0.25) is 0 Å².